The van der Waals surface area contributed by atoms with Crippen LogP contribution >= 0.6 is 0 Å². The van der Waals surface area contributed by atoms with Crippen molar-refractivity contribution in [3.8, 4) is 5.75 Å². The van der Waals surface area contributed by atoms with Crippen molar-refractivity contribution in [3.63, 3.8) is 0 Å². The van der Waals surface area contributed by atoms with Crippen molar-refractivity contribution >= 4 is 16.0 Å². The fraction of sp³-hybridized carbons (Fsp3) is 0.483. The Morgan fingerprint density at radius 2 is 1.97 bits per heavy atom. The molecule has 0 saturated heterocycles. The Bertz CT molecular complexity index is 1440. The molecule has 4 rings (SSSR count). The van der Waals surface area contributed by atoms with Crippen molar-refractivity contribution in [3.05, 3.63) is 71.0 Å². The van der Waals surface area contributed by atoms with Gasteiger partial charge in [0.05, 0.1) is 18.2 Å². The van der Waals surface area contributed by atoms with E-state index in [-0.39, 0.29) is 24.1 Å². The van der Waals surface area contributed by atoms with Gasteiger partial charge in [0, 0.05) is 24.7 Å². The molecule has 0 amide bonds. The molecule has 1 aromatic heterocycles. The largest absolute Gasteiger partial charge is 0.488 e. The maximum Gasteiger partial charge on any atom is 0.307 e. The van der Waals surface area contributed by atoms with E-state index >= 15 is 0 Å². The van der Waals surface area contributed by atoms with Crippen LogP contribution in [0.3, 0.4) is 0 Å². The van der Waals surface area contributed by atoms with Crippen LogP contribution in [0.15, 0.2) is 53.6 Å². The highest BCUT2D eigenvalue weighted by atomic mass is 32.2. The van der Waals surface area contributed by atoms with Gasteiger partial charge in [0.1, 0.15) is 16.7 Å². The van der Waals surface area contributed by atoms with E-state index in [1.165, 1.54) is 4.31 Å². The van der Waals surface area contributed by atoms with Crippen molar-refractivity contribution in [2.24, 2.45) is 5.92 Å². The summed E-state index contributed by atoms with van der Waals surface area (Å²) in [5.41, 5.74) is 2.73. The number of para-hydroxylation sites is 1. The highest BCUT2D eigenvalue weighted by Gasteiger charge is 2.39. The van der Waals surface area contributed by atoms with Crippen LogP contribution in [0.25, 0.3) is 0 Å². The summed E-state index contributed by atoms with van der Waals surface area (Å²) in [7, 11) is -3.81. The molecular formula is C29H38N4O5S. The summed E-state index contributed by atoms with van der Waals surface area (Å²) in [5.74, 6) is -1.19. The highest BCUT2D eigenvalue weighted by molar-refractivity contribution is 7.89. The highest BCUT2D eigenvalue weighted by Crippen LogP contribution is 2.39. The van der Waals surface area contributed by atoms with E-state index in [0.717, 1.165) is 22.4 Å². The number of sulfonamides is 1. The van der Waals surface area contributed by atoms with Crippen molar-refractivity contribution in [1.82, 2.24) is 19.3 Å². The van der Waals surface area contributed by atoms with E-state index in [1.54, 1.807) is 35.9 Å². The Balaban J connectivity index is 1.69. The lowest BCUT2D eigenvalue weighted by atomic mass is 9.69. The number of carboxylic acid groups (broad SMARTS) is 1. The molecule has 0 saturated carbocycles. The molecule has 2 heterocycles. The smallest absolute Gasteiger partial charge is 0.307 e. The standard InChI is InChI=1S/C29H38N4O5S/c1-6-25-19-33(39(36,37)27-11-9-8-10-26(27)38-25)17-22-16-23(13-12-20(22)3)29(5,21(4)28(34)35)15-14-24-18-32(7-2)31-30-24/h8-13,16,18,21,25H,6-7,14-15,17,19H2,1-5H3,(H,34,35)/t21?,25-,29?/m1/s1. The number of fused-ring (bicyclic) bond motifs is 1. The molecule has 3 atom stereocenters. The van der Waals surface area contributed by atoms with Gasteiger partial charge >= 0.3 is 5.97 Å². The first-order valence-electron chi connectivity index (χ1n) is 13.5. The van der Waals surface area contributed by atoms with Crippen LogP contribution in [-0.4, -0.2) is 51.4 Å². The lowest BCUT2D eigenvalue weighted by Gasteiger charge is -2.35. The van der Waals surface area contributed by atoms with Gasteiger partial charge in [-0.3, -0.25) is 9.48 Å². The molecule has 9 nitrogen and oxygen atoms in total. The predicted molar refractivity (Wildman–Crippen MR) is 148 cm³/mol. The van der Waals surface area contributed by atoms with Gasteiger partial charge in [-0.25, -0.2) is 8.42 Å². The van der Waals surface area contributed by atoms with Gasteiger partial charge in [-0.05, 0) is 61.9 Å². The number of aryl methyl sites for hydroxylation is 3. The Morgan fingerprint density at radius 3 is 2.64 bits per heavy atom. The van der Waals surface area contributed by atoms with Crippen molar-refractivity contribution in [2.75, 3.05) is 6.54 Å². The number of hydrogen-bond acceptors (Lipinski definition) is 6. The van der Waals surface area contributed by atoms with Gasteiger partial charge < -0.3 is 9.84 Å². The van der Waals surface area contributed by atoms with Gasteiger partial charge in [0.15, 0.2) is 0 Å². The zero-order valence-electron chi connectivity index (χ0n) is 23.3. The number of aliphatic carboxylic acids is 1. The van der Waals surface area contributed by atoms with Crippen molar-refractivity contribution in [2.45, 2.75) is 83.4 Å². The molecule has 0 radical (unpaired) electrons. The van der Waals surface area contributed by atoms with Gasteiger partial charge in [-0.1, -0.05) is 56.3 Å². The Kier molecular flexibility index (Phi) is 8.46. The molecule has 39 heavy (non-hydrogen) atoms. The Morgan fingerprint density at radius 1 is 1.23 bits per heavy atom. The normalized spacial score (nSPS) is 19.4. The molecule has 0 spiro atoms. The number of carboxylic acids is 1. The first kappa shape index (κ1) is 28.8. The number of rotatable bonds is 10. The second-order valence-electron chi connectivity index (χ2n) is 10.6. The fourth-order valence-corrected chi connectivity index (χ4v) is 6.64. The summed E-state index contributed by atoms with van der Waals surface area (Å²) in [5, 5.41) is 18.4. The van der Waals surface area contributed by atoms with Crippen molar-refractivity contribution in [1.29, 1.82) is 0 Å². The summed E-state index contributed by atoms with van der Waals surface area (Å²) in [6.45, 7) is 10.7. The van der Waals surface area contributed by atoms with Gasteiger partial charge in [-0.2, -0.15) is 4.31 Å². The molecule has 1 aliphatic heterocycles. The third-order valence-electron chi connectivity index (χ3n) is 8.12. The first-order valence-corrected chi connectivity index (χ1v) is 14.9. The molecule has 3 aromatic rings. The van der Waals surface area contributed by atoms with Crippen LogP contribution in [0.1, 0.15) is 62.9 Å². The molecular weight excluding hydrogens is 516 g/mol. The zero-order valence-corrected chi connectivity index (χ0v) is 24.1. The first-order chi connectivity index (χ1) is 18.5. The van der Waals surface area contributed by atoms with E-state index in [1.807, 2.05) is 52.1 Å². The third kappa shape index (κ3) is 5.86. The molecule has 1 aliphatic rings. The molecule has 210 valence electrons. The third-order valence-corrected chi connectivity index (χ3v) is 9.97. The molecule has 0 aliphatic carbocycles. The quantitative estimate of drug-likeness (QED) is 0.390. The van der Waals surface area contributed by atoms with E-state index in [4.69, 9.17) is 4.74 Å². The summed E-state index contributed by atoms with van der Waals surface area (Å²) in [4.78, 5) is 12.4. The topological polar surface area (TPSA) is 115 Å². The van der Waals surface area contributed by atoms with E-state index in [9.17, 15) is 18.3 Å². The number of carbonyl (C=O) groups is 1. The molecule has 0 bridgehead atoms. The van der Waals surface area contributed by atoms with Crippen LogP contribution in [-0.2, 0) is 39.7 Å². The second-order valence-corrected chi connectivity index (χ2v) is 12.5. The average Bonchev–Trinajstić information content (AvgIpc) is 3.35. The zero-order chi connectivity index (χ0) is 28.4. The minimum atomic E-state index is -3.81. The minimum absolute atomic E-state index is 0.165. The monoisotopic (exact) mass is 554 g/mol. The van der Waals surface area contributed by atoms with E-state index in [0.29, 0.717) is 31.6 Å². The van der Waals surface area contributed by atoms with Gasteiger partial charge in [-0.15, -0.1) is 5.10 Å². The number of benzene rings is 2. The van der Waals surface area contributed by atoms with E-state index in [2.05, 4.69) is 10.3 Å². The SMILES string of the molecule is CC[C@@H]1CN(Cc2cc(C(C)(CCc3cn(CC)nn3)C(C)C(=O)O)ccc2C)S(=O)(=O)c2ccccc2O1. The average molecular weight is 555 g/mol. The summed E-state index contributed by atoms with van der Waals surface area (Å²) in [6, 6.07) is 12.7. The van der Waals surface area contributed by atoms with Crippen LogP contribution in [0.2, 0.25) is 0 Å². The maximum atomic E-state index is 13.7. The Hall–Kier alpha value is -3.24. The van der Waals surface area contributed by atoms with Crippen LogP contribution in [0, 0.1) is 12.8 Å². The second kappa shape index (κ2) is 11.5. The van der Waals surface area contributed by atoms with Gasteiger partial charge in [0.2, 0.25) is 10.0 Å². The summed E-state index contributed by atoms with van der Waals surface area (Å²) in [6.07, 6.45) is 3.40. The molecule has 2 unspecified atom stereocenters. The van der Waals surface area contributed by atoms with E-state index < -0.39 is 27.3 Å². The number of aromatic nitrogens is 3. The van der Waals surface area contributed by atoms with Gasteiger partial charge in [0.25, 0.3) is 0 Å². The lowest BCUT2D eigenvalue weighted by molar-refractivity contribution is -0.143. The number of hydrogen-bond donors (Lipinski definition) is 1. The molecule has 1 N–H and O–H groups in total. The number of ether oxygens (including phenoxy) is 1. The maximum absolute atomic E-state index is 13.7. The molecule has 0 fully saturated rings. The number of nitrogens with zero attached hydrogens (tertiary/aromatic N) is 4. The predicted octanol–water partition coefficient (Wildman–Crippen LogP) is 4.58. The lowest BCUT2D eigenvalue weighted by Crippen LogP contribution is -2.37. The minimum Gasteiger partial charge on any atom is -0.488 e. The molecule has 2 aromatic carbocycles. The van der Waals surface area contributed by atoms with Crippen LogP contribution in [0.5, 0.6) is 5.75 Å². The summed E-state index contributed by atoms with van der Waals surface area (Å²) >= 11 is 0. The summed E-state index contributed by atoms with van der Waals surface area (Å²) < 4.78 is 36.7. The fourth-order valence-electron chi connectivity index (χ4n) is 5.07. The van der Waals surface area contributed by atoms with Crippen molar-refractivity contribution < 1.29 is 23.1 Å². The van der Waals surface area contributed by atoms with Crippen LogP contribution < -0.4 is 4.74 Å². The molecule has 10 heteroatoms. The van der Waals surface area contributed by atoms with Crippen LogP contribution in [0.4, 0.5) is 0 Å². The Labute approximate surface area is 230 Å².